The van der Waals surface area contributed by atoms with E-state index >= 15 is 0 Å². The first-order chi connectivity index (χ1) is 8.41. The van der Waals surface area contributed by atoms with Crippen molar-refractivity contribution < 1.29 is 13.2 Å². The molecule has 2 fully saturated rings. The van der Waals surface area contributed by atoms with E-state index in [4.69, 9.17) is 0 Å². The molecule has 0 unspecified atom stereocenters. The summed E-state index contributed by atoms with van der Waals surface area (Å²) in [5, 5.41) is 2.66. The van der Waals surface area contributed by atoms with Crippen LogP contribution in [0, 0.1) is 5.92 Å². The van der Waals surface area contributed by atoms with Crippen molar-refractivity contribution in [2.75, 3.05) is 40.3 Å². The lowest BCUT2D eigenvalue weighted by molar-refractivity contribution is -0.128. The van der Waals surface area contributed by atoms with Gasteiger partial charge in [-0.2, -0.15) is 4.31 Å². The Bertz CT molecular complexity index is 411. The molecule has 6 nitrogen and oxygen atoms in total. The van der Waals surface area contributed by atoms with Crippen molar-refractivity contribution in [3.63, 3.8) is 0 Å². The van der Waals surface area contributed by atoms with Crippen molar-refractivity contribution in [2.45, 2.75) is 18.1 Å². The fourth-order valence-electron chi connectivity index (χ4n) is 1.94. The van der Waals surface area contributed by atoms with Crippen LogP contribution in [0.5, 0.6) is 0 Å². The summed E-state index contributed by atoms with van der Waals surface area (Å²) in [7, 11) is 0.803. The van der Waals surface area contributed by atoms with Crippen molar-refractivity contribution in [3.8, 4) is 0 Å². The van der Waals surface area contributed by atoms with Gasteiger partial charge in [0.1, 0.15) is 0 Å². The van der Waals surface area contributed by atoms with Gasteiger partial charge in [-0.3, -0.25) is 4.79 Å². The highest BCUT2D eigenvalue weighted by molar-refractivity contribution is 7.90. The van der Waals surface area contributed by atoms with E-state index in [0.29, 0.717) is 19.6 Å². The van der Waals surface area contributed by atoms with E-state index in [0.717, 1.165) is 19.4 Å². The molecule has 0 aromatic heterocycles. The first kappa shape index (κ1) is 13.8. The highest BCUT2D eigenvalue weighted by Gasteiger charge is 2.46. The summed E-state index contributed by atoms with van der Waals surface area (Å²) < 4.78 is 25.1. The number of sulfonamides is 1. The van der Waals surface area contributed by atoms with Crippen LogP contribution in [0.25, 0.3) is 0 Å². The maximum atomic E-state index is 11.8. The van der Waals surface area contributed by atoms with Crippen molar-refractivity contribution in [2.24, 2.45) is 5.92 Å². The molecule has 0 aromatic carbocycles. The van der Waals surface area contributed by atoms with E-state index in [1.54, 1.807) is 0 Å². The van der Waals surface area contributed by atoms with Gasteiger partial charge in [0.05, 0.1) is 11.2 Å². The third-order valence-electron chi connectivity index (χ3n) is 3.38. The van der Waals surface area contributed by atoms with Gasteiger partial charge in [-0.05, 0) is 26.9 Å². The molecule has 0 spiro atoms. The van der Waals surface area contributed by atoms with Gasteiger partial charge in [0, 0.05) is 26.2 Å². The molecule has 7 heteroatoms. The van der Waals surface area contributed by atoms with Gasteiger partial charge >= 0.3 is 0 Å². The minimum atomic E-state index is -3.08. The van der Waals surface area contributed by atoms with E-state index in [1.807, 2.05) is 19.0 Å². The summed E-state index contributed by atoms with van der Waals surface area (Å²) in [6.45, 7) is 2.11. The number of rotatable bonds is 6. The van der Waals surface area contributed by atoms with E-state index in [-0.39, 0.29) is 17.1 Å². The SMILES string of the molecule is CN(C)CCNC(=O)C1CN(S(=O)(=O)C2CC2)C1. The maximum Gasteiger partial charge on any atom is 0.225 e. The van der Waals surface area contributed by atoms with E-state index < -0.39 is 10.0 Å². The van der Waals surface area contributed by atoms with Crippen molar-refractivity contribution in [1.82, 2.24) is 14.5 Å². The fourth-order valence-corrected chi connectivity index (χ4v) is 3.86. The van der Waals surface area contributed by atoms with Gasteiger partial charge < -0.3 is 10.2 Å². The van der Waals surface area contributed by atoms with E-state index in [1.165, 1.54) is 4.31 Å². The van der Waals surface area contributed by atoms with Crippen LogP contribution in [0.15, 0.2) is 0 Å². The molecule has 1 saturated heterocycles. The monoisotopic (exact) mass is 275 g/mol. The zero-order valence-corrected chi connectivity index (χ0v) is 11.7. The topological polar surface area (TPSA) is 69.7 Å². The average Bonchev–Trinajstić information content (AvgIpc) is 2.96. The summed E-state index contributed by atoms with van der Waals surface area (Å²) >= 11 is 0. The Balaban J connectivity index is 1.70. The Morgan fingerprint density at radius 2 is 1.94 bits per heavy atom. The molecular formula is C11H21N3O3S. The van der Waals surface area contributed by atoms with Crippen LogP contribution in [-0.2, 0) is 14.8 Å². The lowest BCUT2D eigenvalue weighted by Gasteiger charge is -2.37. The minimum Gasteiger partial charge on any atom is -0.354 e. The Morgan fingerprint density at radius 1 is 1.33 bits per heavy atom. The van der Waals surface area contributed by atoms with Crippen LogP contribution in [0.1, 0.15) is 12.8 Å². The van der Waals surface area contributed by atoms with Crippen LogP contribution >= 0.6 is 0 Å². The molecule has 2 rings (SSSR count). The predicted octanol–water partition coefficient (Wildman–Crippen LogP) is -0.912. The quantitative estimate of drug-likeness (QED) is 0.681. The third kappa shape index (κ3) is 3.02. The lowest BCUT2D eigenvalue weighted by atomic mass is 10.0. The van der Waals surface area contributed by atoms with Gasteiger partial charge in [-0.15, -0.1) is 0 Å². The third-order valence-corrected chi connectivity index (χ3v) is 5.71. The first-order valence-corrected chi connectivity index (χ1v) is 7.83. The molecule has 2 aliphatic rings. The number of carbonyl (C=O) groups is 1. The number of likely N-dealkylation sites (N-methyl/N-ethyl adjacent to an activating group) is 1. The summed E-state index contributed by atoms with van der Waals surface area (Å²) in [5.74, 6) is -0.195. The van der Waals surface area contributed by atoms with Crippen LogP contribution in [0.3, 0.4) is 0 Å². The molecule has 1 amide bonds. The zero-order valence-electron chi connectivity index (χ0n) is 10.9. The summed E-state index contributed by atoms with van der Waals surface area (Å²) in [6.07, 6.45) is 1.55. The smallest absolute Gasteiger partial charge is 0.225 e. The molecule has 1 saturated carbocycles. The second-order valence-electron chi connectivity index (χ2n) is 5.35. The first-order valence-electron chi connectivity index (χ1n) is 6.32. The number of amides is 1. The van der Waals surface area contributed by atoms with Crippen molar-refractivity contribution in [1.29, 1.82) is 0 Å². The molecular weight excluding hydrogens is 254 g/mol. The molecule has 0 bridgehead atoms. The Morgan fingerprint density at radius 3 is 2.44 bits per heavy atom. The van der Waals surface area contributed by atoms with Crippen LogP contribution in [0.2, 0.25) is 0 Å². The molecule has 18 heavy (non-hydrogen) atoms. The average molecular weight is 275 g/mol. The molecule has 104 valence electrons. The van der Waals surface area contributed by atoms with Gasteiger partial charge in [-0.25, -0.2) is 8.42 Å². The van der Waals surface area contributed by atoms with Crippen LogP contribution in [0.4, 0.5) is 0 Å². The Kier molecular flexibility index (Phi) is 3.93. The predicted molar refractivity (Wildman–Crippen MR) is 68.6 cm³/mol. The Hall–Kier alpha value is -0.660. The summed E-state index contributed by atoms with van der Waals surface area (Å²) in [5.41, 5.74) is 0. The highest BCUT2D eigenvalue weighted by atomic mass is 32.2. The second kappa shape index (κ2) is 5.14. The van der Waals surface area contributed by atoms with Gasteiger partial charge in [0.25, 0.3) is 0 Å². The minimum absolute atomic E-state index is 0.0286. The molecule has 0 atom stereocenters. The summed E-state index contributed by atoms with van der Waals surface area (Å²) in [6, 6.07) is 0. The Labute approximate surface area is 108 Å². The van der Waals surface area contributed by atoms with Gasteiger partial charge in [-0.1, -0.05) is 0 Å². The van der Waals surface area contributed by atoms with Crippen molar-refractivity contribution >= 4 is 15.9 Å². The van der Waals surface area contributed by atoms with Gasteiger partial charge in [0.15, 0.2) is 0 Å². The van der Waals surface area contributed by atoms with Crippen molar-refractivity contribution in [3.05, 3.63) is 0 Å². The number of nitrogens with zero attached hydrogens (tertiary/aromatic N) is 2. The standard InChI is InChI=1S/C11H21N3O3S/c1-13(2)6-5-12-11(15)9-7-14(8-9)18(16,17)10-3-4-10/h9-10H,3-8H2,1-2H3,(H,12,15). The largest absolute Gasteiger partial charge is 0.354 e. The normalized spacial score (nSPS) is 21.9. The maximum absolute atomic E-state index is 11.8. The number of carbonyl (C=O) groups excluding carboxylic acids is 1. The molecule has 0 aromatic rings. The number of hydrogen-bond acceptors (Lipinski definition) is 4. The lowest BCUT2D eigenvalue weighted by Crippen LogP contribution is -2.56. The fraction of sp³-hybridized carbons (Fsp3) is 0.909. The molecule has 1 aliphatic carbocycles. The number of nitrogens with one attached hydrogen (secondary N) is 1. The van der Waals surface area contributed by atoms with Crippen LogP contribution < -0.4 is 5.32 Å². The van der Waals surface area contributed by atoms with E-state index in [9.17, 15) is 13.2 Å². The zero-order chi connectivity index (χ0) is 13.3. The summed E-state index contributed by atoms with van der Waals surface area (Å²) in [4.78, 5) is 13.7. The van der Waals surface area contributed by atoms with E-state index in [2.05, 4.69) is 5.32 Å². The molecule has 0 radical (unpaired) electrons. The molecule has 1 heterocycles. The highest BCUT2D eigenvalue weighted by Crippen LogP contribution is 2.34. The molecule has 1 aliphatic heterocycles. The number of hydrogen-bond donors (Lipinski definition) is 1. The second-order valence-corrected chi connectivity index (χ2v) is 7.57. The molecule has 1 N–H and O–H groups in total. The van der Waals surface area contributed by atoms with Crippen LogP contribution in [-0.4, -0.2) is 69.1 Å². The van der Waals surface area contributed by atoms with Gasteiger partial charge in [0.2, 0.25) is 15.9 Å².